The highest BCUT2D eigenvalue weighted by molar-refractivity contribution is 5.79. The van der Waals surface area contributed by atoms with Crippen molar-refractivity contribution in [1.82, 2.24) is 10.1 Å². The SMILES string of the molecule is COC(=O)C12CCCC1CN(c1nc(C(C)C)no1)C2. The molecule has 3 rings (SSSR count). The molecule has 110 valence electrons. The van der Waals surface area contributed by atoms with Gasteiger partial charge in [-0.1, -0.05) is 25.4 Å². The molecule has 20 heavy (non-hydrogen) atoms. The predicted octanol–water partition coefficient (Wildman–Crippen LogP) is 1.97. The molecule has 0 N–H and O–H groups in total. The third-order valence-electron chi connectivity index (χ3n) is 4.68. The highest BCUT2D eigenvalue weighted by Gasteiger charge is 2.56. The van der Waals surface area contributed by atoms with Crippen LogP contribution in [-0.2, 0) is 9.53 Å². The van der Waals surface area contributed by atoms with Gasteiger partial charge in [-0.25, -0.2) is 0 Å². The normalized spacial score (nSPS) is 29.0. The number of methoxy groups -OCH3 is 1. The van der Waals surface area contributed by atoms with E-state index in [2.05, 4.69) is 10.1 Å². The molecule has 1 aliphatic carbocycles. The van der Waals surface area contributed by atoms with Gasteiger partial charge in [-0.15, -0.1) is 0 Å². The van der Waals surface area contributed by atoms with E-state index in [1.807, 2.05) is 18.7 Å². The summed E-state index contributed by atoms with van der Waals surface area (Å²) in [6, 6.07) is 0.534. The Hall–Kier alpha value is -1.59. The van der Waals surface area contributed by atoms with Gasteiger partial charge in [0, 0.05) is 19.0 Å². The number of carbonyl (C=O) groups is 1. The van der Waals surface area contributed by atoms with E-state index < -0.39 is 0 Å². The Morgan fingerprint density at radius 1 is 1.55 bits per heavy atom. The zero-order valence-corrected chi connectivity index (χ0v) is 12.3. The lowest BCUT2D eigenvalue weighted by Gasteiger charge is -2.24. The van der Waals surface area contributed by atoms with Crippen LogP contribution in [0.5, 0.6) is 0 Å². The molecular weight excluding hydrogens is 258 g/mol. The van der Waals surface area contributed by atoms with Gasteiger partial charge in [-0.05, 0) is 18.8 Å². The van der Waals surface area contributed by atoms with E-state index in [4.69, 9.17) is 9.26 Å². The van der Waals surface area contributed by atoms with Crippen LogP contribution in [0.15, 0.2) is 4.52 Å². The summed E-state index contributed by atoms with van der Waals surface area (Å²) >= 11 is 0. The Kier molecular flexibility index (Phi) is 3.18. The van der Waals surface area contributed by atoms with E-state index in [1.165, 1.54) is 7.11 Å². The molecule has 0 radical (unpaired) electrons. The first-order valence-corrected chi connectivity index (χ1v) is 7.24. The lowest BCUT2D eigenvalue weighted by molar-refractivity contribution is -0.152. The zero-order chi connectivity index (χ0) is 14.3. The van der Waals surface area contributed by atoms with Crippen LogP contribution < -0.4 is 4.90 Å². The molecule has 1 aromatic rings. The average molecular weight is 279 g/mol. The van der Waals surface area contributed by atoms with Crippen molar-refractivity contribution < 1.29 is 14.1 Å². The first-order valence-electron chi connectivity index (χ1n) is 7.24. The van der Waals surface area contributed by atoms with Gasteiger partial charge in [0.25, 0.3) is 0 Å². The third-order valence-corrected chi connectivity index (χ3v) is 4.68. The van der Waals surface area contributed by atoms with Crippen molar-refractivity contribution in [1.29, 1.82) is 0 Å². The largest absolute Gasteiger partial charge is 0.469 e. The van der Waals surface area contributed by atoms with Crippen LogP contribution in [0.3, 0.4) is 0 Å². The first-order chi connectivity index (χ1) is 9.56. The number of aromatic nitrogens is 2. The Bertz CT molecular complexity index is 514. The fraction of sp³-hybridized carbons (Fsp3) is 0.786. The molecule has 6 heteroatoms. The molecule has 0 spiro atoms. The number of anilines is 1. The molecule has 0 amide bonds. The standard InChI is InChI=1S/C14H21N3O3/c1-9(2)11-15-13(20-16-11)17-7-10-5-4-6-14(10,8-17)12(18)19-3/h9-10H,4-8H2,1-3H3. The van der Waals surface area contributed by atoms with Crippen molar-refractivity contribution in [3.05, 3.63) is 5.82 Å². The molecule has 2 unspecified atom stereocenters. The highest BCUT2D eigenvalue weighted by atomic mass is 16.5. The maximum atomic E-state index is 12.2. The summed E-state index contributed by atoms with van der Waals surface area (Å²) in [5.74, 6) is 1.20. The molecule has 2 fully saturated rings. The molecule has 2 atom stereocenters. The summed E-state index contributed by atoms with van der Waals surface area (Å²) in [7, 11) is 1.47. The molecule has 0 bridgehead atoms. The van der Waals surface area contributed by atoms with Crippen molar-refractivity contribution >= 4 is 12.0 Å². The van der Waals surface area contributed by atoms with E-state index in [0.29, 0.717) is 24.3 Å². The quantitative estimate of drug-likeness (QED) is 0.788. The van der Waals surface area contributed by atoms with Gasteiger partial charge in [0.05, 0.1) is 12.5 Å². The second-order valence-electron chi connectivity index (χ2n) is 6.21. The van der Waals surface area contributed by atoms with Crippen LogP contribution in [-0.4, -0.2) is 36.3 Å². The number of esters is 1. The van der Waals surface area contributed by atoms with Crippen molar-refractivity contribution in [2.75, 3.05) is 25.1 Å². The second-order valence-corrected chi connectivity index (χ2v) is 6.21. The summed E-state index contributed by atoms with van der Waals surface area (Å²) in [6.45, 7) is 5.49. The van der Waals surface area contributed by atoms with E-state index in [9.17, 15) is 4.79 Å². The summed E-state index contributed by atoms with van der Waals surface area (Å²) in [5.41, 5.74) is -0.374. The summed E-state index contributed by atoms with van der Waals surface area (Å²) < 4.78 is 10.4. The van der Waals surface area contributed by atoms with Gasteiger partial charge < -0.3 is 14.2 Å². The fourth-order valence-corrected chi connectivity index (χ4v) is 3.56. The van der Waals surface area contributed by atoms with E-state index in [1.54, 1.807) is 0 Å². The molecule has 6 nitrogen and oxygen atoms in total. The Morgan fingerprint density at radius 2 is 2.35 bits per heavy atom. The molecular formula is C14H21N3O3. The van der Waals surface area contributed by atoms with Crippen LogP contribution in [0.2, 0.25) is 0 Å². The maximum absolute atomic E-state index is 12.2. The van der Waals surface area contributed by atoms with Crippen LogP contribution >= 0.6 is 0 Å². The number of carbonyl (C=O) groups excluding carboxylic acids is 1. The number of rotatable bonds is 3. The molecule has 1 aromatic heterocycles. The molecule has 2 aliphatic rings. The van der Waals surface area contributed by atoms with Crippen molar-refractivity contribution in [2.45, 2.75) is 39.0 Å². The Morgan fingerprint density at radius 3 is 3.00 bits per heavy atom. The topological polar surface area (TPSA) is 68.5 Å². The van der Waals surface area contributed by atoms with Crippen molar-refractivity contribution in [2.24, 2.45) is 11.3 Å². The smallest absolute Gasteiger partial charge is 0.324 e. The summed E-state index contributed by atoms with van der Waals surface area (Å²) in [6.07, 6.45) is 3.05. The van der Waals surface area contributed by atoms with E-state index >= 15 is 0 Å². The molecule has 0 aromatic carbocycles. The molecule has 2 heterocycles. The average Bonchev–Trinajstić information content (AvgIpc) is 3.09. The number of hydrogen-bond acceptors (Lipinski definition) is 6. The van der Waals surface area contributed by atoms with E-state index in [0.717, 1.165) is 25.8 Å². The number of fused-ring (bicyclic) bond motifs is 1. The van der Waals surface area contributed by atoms with Gasteiger partial charge in [0.2, 0.25) is 0 Å². The minimum absolute atomic E-state index is 0.0916. The van der Waals surface area contributed by atoms with Crippen LogP contribution in [0.4, 0.5) is 6.01 Å². The predicted molar refractivity (Wildman–Crippen MR) is 72.4 cm³/mol. The number of nitrogens with zero attached hydrogens (tertiary/aromatic N) is 3. The van der Waals surface area contributed by atoms with E-state index in [-0.39, 0.29) is 17.3 Å². The minimum Gasteiger partial charge on any atom is -0.469 e. The van der Waals surface area contributed by atoms with Crippen LogP contribution in [0, 0.1) is 11.3 Å². The second kappa shape index (κ2) is 4.75. The lowest BCUT2D eigenvalue weighted by Crippen LogP contribution is -2.37. The van der Waals surface area contributed by atoms with Crippen molar-refractivity contribution in [3.8, 4) is 0 Å². The van der Waals surface area contributed by atoms with Gasteiger partial charge in [0.15, 0.2) is 5.82 Å². The van der Waals surface area contributed by atoms with Crippen LogP contribution in [0.25, 0.3) is 0 Å². The maximum Gasteiger partial charge on any atom is 0.324 e. The highest BCUT2D eigenvalue weighted by Crippen LogP contribution is 2.50. The van der Waals surface area contributed by atoms with Gasteiger partial charge in [-0.3, -0.25) is 4.79 Å². The molecule has 1 saturated carbocycles. The summed E-state index contributed by atoms with van der Waals surface area (Å²) in [4.78, 5) is 18.7. The molecule has 1 aliphatic heterocycles. The first kappa shape index (κ1) is 13.4. The van der Waals surface area contributed by atoms with Crippen LogP contribution in [0.1, 0.15) is 44.9 Å². The summed E-state index contributed by atoms with van der Waals surface area (Å²) in [5, 5.41) is 4.00. The number of ether oxygens (including phenoxy) is 1. The fourth-order valence-electron chi connectivity index (χ4n) is 3.56. The molecule has 1 saturated heterocycles. The van der Waals surface area contributed by atoms with Crippen molar-refractivity contribution in [3.63, 3.8) is 0 Å². The van der Waals surface area contributed by atoms with Gasteiger partial charge in [0.1, 0.15) is 0 Å². The minimum atomic E-state index is -0.374. The Labute approximate surface area is 118 Å². The Balaban J connectivity index is 1.82. The number of hydrogen-bond donors (Lipinski definition) is 0. The third kappa shape index (κ3) is 1.89. The van der Waals surface area contributed by atoms with Gasteiger partial charge in [-0.2, -0.15) is 4.98 Å². The monoisotopic (exact) mass is 279 g/mol. The van der Waals surface area contributed by atoms with Gasteiger partial charge >= 0.3 is 12.0 Å². The zero-order valence-electron chi connectivity index (χ0n) is 12.3. The lowest BCUT2D eigenvalue weighted by atomic mass is 9.81.